The molecule has 0 N–H and O–H groups in total. The van der Waals surface area contributed by atoms with Gasteiger partial charge in [-0.05, 0) is 49.7 Å². The number of terminal acetylenes is 1. The van der Waals surface area contributed by atoms with Crippen molar-refractivity contribution in [3.05, 3.63) is 23.5 Å². The fourth-order valence-electron chi connectivity index (χ4n) is 2.79. The Morgan fingerprint density at radius 1 is 1.24 bits per heavy atom. The fraction of sp³-hybridized carbons (Fsp3) is 0.600. The molecule has 0 unspecified atom stereocenters. The predicted molar refractivity (Wildman–Crippen MR) is 69.6 cm³/mol. The third-order valence-electron chi connectivity index (χ3n) is 3.80. The average molecular weight is 228 g/mol. The summed E-state index contributed by atoms with van der Waals surface area (Å²) in [6, 6.07) is 3.95. The van der Waals surface area contributed by atoms with E-state index >= 15 is 0 Å². The van der Waals surface area contributed by atoms with Gasteiger partial charge in [-0.2, -0.15) is 5.10 Å². The van der Waals surface area contributed by atoms with Crippen LogP contribution in [0.4, 0.5) is 0 Å². The van der Waals surface area contributed by atoms with E-state index in [4.69, 9.17) is 6.42 Å². The lowest BCUT2D eigenvalue weighted by molar-refractivity contribution is 0.304. The second-order valence-electron chi connectivity index (χ2n) is 4.99. The molecule has 17 heavy (non-hydrogen) atoms. The van der Waals surface area contributed by atoms with Crippen LogP contribution in [0, 0.1) is 18.3 Å². The molecule has 0 bridgehead atoms. The second kappa shape index (κ2) is 5.82. The van der Waals surface area contributed by atoms with Crippen molar-refractivity contribution >= 4 is 0 Å². The van der Waals surface area contributed by atoms with E-state index in [1.165, 1.54) is 38.5 Å². The standard InChI is InChI=1S/C15H20N2/c1-3-5-12-6-8-13(9-7-12)15-11-10-14(4-2)16-17-15/h2,10-13H,3,5-9H2,1H3/t12-,13-. The molecule has 0 aliphatic heterocycles. The Hall–Kier alpha value is -1.36. The summed E-state index contributed by atoms with van der Waals surface area (Å²) < 4.78 is 0. The number of hydrogen-bond donors (Lipinski definition) is 0. The van der Waals surface area contributed by atoms with Crippen LogP contribution >= 0.6 is 0 Å². The van der Waals surface area contributed by atoms with Crippen LogP contribution in [0.2, 0.25) is 0 Å². The molecule has 0 radical (unpaired) electrons. The van der Waals surface area contributed by atoms with E-state index in [0.717, 1.165) is 11.6 Å². The lowest BCUT2D eigenvalue weighted by Gasteiger charge is -2.27. The molecule has 0 aromatic carbocycles. The highest BCUT2D eigenvalue weighted by molar-refractivity contribution is 5.24. The van der Waals surface area contributed by atoms with Crippen LogP contribution in [-0.2, 0) is 0 Å². The molecule has 2 heteroatoms. The molecule has 1 aliphatic carbocycles. The first-order chi connectivity index (χ1) is 8.33. The second-order valence-corrected chi connectivity index (χ2v) is 4.99. The van der Waals surface area contributed by atoms with E-state index in [1.54, 1.807) is 0 Å². The van der Waals surface area contributed by atoms with E-state index in [0.29, 0.717) is 11.6 Å². The van der Waals surface area contributed by atoms with Crippen LogP contribution in [0.3, 0.4) is 0 Å². The van der Waals surface area contributed by atoms with Crippen molar-refractivity contribution in [2.45, 2.75) is 51.4 Å². The summed E-state index contributed by atoms with van der Waals surface area (Å²) in [7, 11) is 0. The maximum Gasteiger partial charge on any atom is 0.135 e. The van der Waals surface area contributed by atoms with Gasteiger partial charge in [-0.1, -0.05) is 19.8 Å². The summed E-state index contributed by atoms with van der Waals surface area (Å²) in [5, 5.41) is 8.29. The maximum absolute atomic E-state index is 5.28. The van der Waals surface area contributed by atoms with E-state index < -0.39 is 0 Å². The minimum absolute atomic E-state index is 0.599. The van der Waals surface area contributed by atoms with Gasteiger partial charge in [0.1, 0.15) is 5.69 Å². The normalized spacial score (nSPS) is 24.2. The molecular formula is C15H20N2. The zero-order valence-corrected chi connectivity index (χ0v) is 10.5. The summed E-state index contributed by atoms with van der Waals surface area (Å²) in [5.74, 6) is 4.05. The first-order valence-electron chi connectivity index (χ1n) is 6.63. The van der Waals surface area contributed by atoms with Crippen molar-refractivity contribution in [2.75, 3.05) is 0 Å². The number of rotatable bonds is 3. The van der Waals surface area contributed by atoms with Crippen LogP contribution in [0.15, 0.2) is 12.1 Å². The van der Waals surface area contributed by atoms with Crippen LogP contribution in [0.5, 0.6) is 0 Å². The summed E-state index contributed by atoms with van der Waals surface area (Å²) in [6.07, 6.45) is 13.2. The molecule has 0 spiro atoms. The molecule has 1 heterocycles. The van der Waals surface area contributed by atoms with E-state index in [1.807, 2.05) is 12.1 Å². The van der Waals surface area contributed by atoms with Crippen LogP contribution in [0.25, 0.3) is 0 Å². The predicted octanol–water partition coefficient (Wildman–Crippen LogP) is 3.53. The molecular weight excluding hydrogens is 208 g/mol. The zero-order valence-electron chi connectivity index (χ0n) is 10.5. The lowest BCUT2D eigenvalue weighted by atomic mass is 9.79. The maximum atomic E-state index is 5.28. The molecule has 0 saturated heterocycles. The number of nitrogens with zero attached hydrogens (tertiary/aromatic N) is 2. The first-order valence-corrected chi connectivity index (χ1v) is 6.63. The van der Waals surface area contributed by atoms with Gasteiger partial charge >= 0.3 is 0 Å². The Kier molecular flexibility index (Phi) is 4.14. The molecule has 1 aromatic rings. The summed E-state index contributed by atoms with van der Waals surface area (Å²) in [5.41, 5.74) is 1.76. The van der Waals surface area contributed by atoms with Gasteiger partial charge in [0, 0.05) is 5.92 Å². The summed E-state index contributed by atoms with van der Waals surface area (Å²) in [4.78, 5) is 0. The smallest absolute Gasteiger partial charge is 0.135 e. The highest BCUT2D eigenvalue weighted by Crippen LogP contribution is 2.36. The third kappa shape index (κ3) is 3.06. The number of hydrogen-bond acceptors (Lipinski definition) is 2. The molecule has 1 fully saturated rings. The van der Waals surface area contributed by atoms with Gasteiger partial charge in [0.05, 0.1) is 5.69 Å². The van der Waals surface area contributed by atoms with E-state index in [2.05, 4.69) is 23.0 Å². The van der Waals surface area contributed by atoms with Crippen molar-refractivity contribution in [3.8, 4) is 12.3 Å². The monoisotopic (exact) mass is 228 g/mol. The minimum Gasteiger partial charge on any atom is -0.154 e. The third-order valence-corrected chi connectivity index (χ3v) is 3.80. The van der Waals surface area contributed by atoms with Crippen LogP contribution in [0.1, 0.15) is 62.8 Å². The Balaban J connectivity index is 1.94. The van der Waals surface area contributed by atoms with Gasteiger partial charge in [0.15, 0.2) is 0 Å². The fourth-order valence-corrected chi connectivity index (χ4v) is 2.79. The van der Waals surface area contributed by atoms with Gasteiger partial charge in [-0.15, -0.1) is 11.5 Å². The highest BCUT2D eigenvalue weighted by atomic mass is 15.1. The quantitative estimate of drug-likeness (QED) is 0.740. The largest absolute Gasteiger partial charge is 0.154 e. The lowest BCUT2D eigenvalue weighted by Crippen LogP contribution is -2.14. The Labute approximate surface area is 104 Å². The van der Waals surface area contributed by atoms with Crippen molar-refractivity contribution in [3.63, 3.8) is 0 Å². The van der Waals surface area contributed by atoms with E-state index in [-0.39, 0.29) is 0 Å². The first kappa shape index (κ1) is 12.1. The van der Waals surface area contributed by atoms with Gasteiger partial charge in [-0.3, -0.25) is 0 Å². The van der Waals surface area contributed by atoms with Gasteiger partial charge in [0.25, 0.3) is 0 Å². The summed E-state index contributed by atoms with van der Waals surface area (Å²) in [6.45, 7) is 2.27. The average Bonchev–Trinajstić information content (AvgIpc) is 2.40. The molecule has 1 aliphatic rings. The van der Waals surface area contributed by atoms with Crippen molar-refractivity contribution in [1.82, 2.24) is 10.2 Å². The number of aromatic nitrogens is 2. The molecule has 1 saturated carbocycles. The van der Waals surface area contributed by atoms with Gasteiger partial charge in [-0.25, -0.2) is 0 Å². The molecule has 0 atom stereocenters. The Bertz CT molecular complexity index is 380. The van der Waals surface area contributed by atoms with Crippen molar-refractivity contribution in [1.29, 1.82) is 0 Å². The Morgan fingerprint density at radius 3 is 2.53 bits per heavy atom. The molecule has 2 nitrogen and oxygen atoms in total. The molecule has 0 amide bonds. The van der Waals surface area contributed by atoms with E-state index in [9.17, 15) is 0 Å². The minimum atomic E-state index is 0.599. The van der Waals surface area contributed by atoms with Crippen molar-refractivity contribution in [2.24, 2.45) is 5.92 Å². The van der Waals surface area contributed by atoms with Gasteiger partial charge in [0.2, 0.25) is 0 Å². The molecule has 90 valence electrons. The molecule has 2 rings (SSSR count). The zero-order chi connectivity index (χ0) is 12.1. The molecule has 1 aromatic heterocycles. The van der Waals surface area contributed by atoms with Crippen LogP contribution in [-0.4, -0.2) is 10.2 Å². The van der Waals surface area contributed by atoms with Crippen molar-refractivity contribution < 1.29 is 0 Å². The summed E-state index contributed by atoms with van der Waals surface area (Å²) >= 11 is 0. The van der Waals surface area contributed by atoms with Gasteiger partial charge < -0.3 is 0 Å². The highest BCUT2D eigenvalue weighted by Gasteiger charge is 2.22. The topological polar surface area (TPSA) is 25.8 Å². The van der Waals surface area contributed by atoms with Crippen LogP contribution < -0.4 is 0 Å². The SMILES string of the molecule is C#Cc1ccc([C@H]2CC[C@H](CCC)CC2)nn1. The Morgan fingerprint density at radius 2 is 2.00 bits per heavy atom.